The molecule has 1 rings (SSSR count). The first-order valence-corrected chi connectivity index (χ1v) is 3.54. The molecule has 1 aromatic rings. The van der Waals surface area contributed by atoms with Gasteiger partial charge in [-0.2, -0.15) is 0 Å². The molecule has 0 bridgehead atoms. The predicted molar refractivity (Wildman–Crippen MR) is 45.7 cm³/mol. The number of carbonyl (C=O) groups is 1. The second-order valence-corrected chi connectivity index (χ2v) is 2.33. The van der Waals surface area contributed by atoms with E-state index < -0.39 is 5.23 Å². The molecule has 0 heterocycles. The molecule has 0 spiro atoms. The predicted octanol–water partition coefficient (Wildman–Crippen LogP) is 0.0197. The topological polar surface area (TPSA) is 76.9 Å². The number of aldehydes is 1. The van der Waals surface area contributed by atoms with Crippen molar-refractivity contribution in [1.82, 2.24) is 0 Å². The first-order chi connectivity index (χ1) is 6.20. The third-order valence-electron chi connectivity index (χ3n) is 1.61. The van der Waals surface area contributed by atoms with Crippen LogP contribution in [0, 0.1) is 10.4 Å². The fourth-order valence-corrected chi connectivity index (χ4v) is 1.03. The number of hydrogen-bond acceptors (Lipinski definition) is 4. The van der Waals surface area contributed by atoms with E-state index in [4.69, 9.17) is 4.74 Å². The van der Waals surface area contributed by atoms with Crippen molar-refractivity contribution in [1.29, 1.82) is 0 Å². The molecule has 5 heteroatoms. The van der Waals surface area contributed by atoms with E-state index in [1.54, 1.807) is 0 Å². The van der Waals surface area contributed by atoms with Crippen LogP contribution in [0.1, 0.15) is 10.4 Å². The molecular weight excluding hydrogens is 174 g/mol. The molecule has 0 aliphatic rings. The van der Waals surface area contributed by atoms with Gasteiger partial charge in [0, 0.05) is 0 Å². The Morgan fingerprint density at radius 1 is 1.46 bits per heavy atom. The summed E-state index contributed by atoms with van der Waals surface area (Å²) in [5, 5.41) is 19.8. The first kappa shape index (κ1) is 9.66. The number of rotatable bonds is 3. The fraction of sp³-hybridized carbons (Fsp3) is 0.125. The molecule has 5 nitrogen and oxygen atoms in total. The highest BCUT2D eigenvalue weighted by Crippen LogP contribution is 2.22. The lowest BCUT2D eigenvalue weighted by Crippen LogP contribution is -2.96. The largest absolute Gasteiger partial charge is 0.628 e. The third kappa shape index (κ3) is 1.83. The average Bonchev–Trinajstić information content (AvgIpc) is 2.16. The van der Waals surface area contributed by atoms with E-state index in [1.165, 1.54) is 25.3 Å². The van der Waals surface area contributed by atoms with Crippen molar-refractivity contribution in [3.63, 3.8) is 0 Å². The van der Waals surface area contributed by atoms with Crippen LogP contribution in [0.5, 0.6) is 5.75 Å². The molecule has 0 radical (unpaired) electrons. The van der Waals surface area contributed by atoms with E-state index in [0.717, 1.165) is 0 Å². The highest BCUT2D eigenvalue weighted by molar-refractivity contribution is 5.83. The Morgan fingerprint density at radius 3 is 2.62 bits per heavy atom. The zero-order valence-corrected chi connectivity index (χ0v) is 6.94. The van der Waals surface area contributed by atoms with Crippen LogP contribution in [0.15, 0.2) is 18.2 Å². The highest BCUT2D eigenvalue weighted by Gasteiger charge is 2.10. The van der Waals surface area contributed by atoms with Crippen LogP contribution in [-0.4, -0.2) is 13.4 Å². The Labute approximate surface area is 74.7 Å². The van der Waals surface area contributed by atoms with Crippen LogP contribution in [0.2, 0.25) is 0 Å². The molecule has 0 saturated heterocycles. The van der Waals surface area contributed by atoms with Crippen molar-refractivity contribution < 1.29 is 14.8 Å². The lowest BCUT2D eigenvalue weighted by molar-refractivity contribution is -0.715. The standard InChI is InChI=1S/C8H8NO4/c1-13-7-4-2-3-6(5-10)8(7)9(11)12/h2-5,9H,1H3/q-1. The van der Waals surface area contributed by atoms with Crippen molar-refractivity contribution >= 4 is 12.0 Å². The Hall–Kier alpha value is -1.43. The number of benzene rings is 1. The second-order valence-electron chi connectivity index (χ2n) is 2.33. The summed E-state index contributed by atoms with van der Waals surface area (Å²) >= 11 is 0. The van der Waals surface area contributed by atoms with Gasteiger partial charge in [-0.1, -0.05) is 6.07 Å². The molecule has 0 atom stereocenters. The van der Waals surface area contributed by atoms with Gasteiger partial charge in [0.2, 0.25) is 0 Å². The number of carbonyl (C=O) groups excluding carboxylic acids is 1. The van der Waals surface area contributed by atoms with Crippen molar-refractivity contribution in [3.8, 4) is 5.75 Å². The van der Waals surface area contributed by atoms with Crippen LogP contribution in [0.4, 0.5) is 5.69 Å². The van der Waals surface area contributed by atoms with Crippen LogP contribution in [-0.2, 0) is 0 Å². The summed E-state index contributed by atoms with van der Waals surface area (Å²) in [6.45, 7) is 0. The molecule has 0 amide bonds. The summed E-state index contributed by atoms with van der Waals surface area (Å²) in [4.78, 5) is 10.5. The Morgan fingerprint density at radius 2 is 2.15 bits per heavy atom. The SMILES string of the molecule is COc1cccc(C=O)c1[NH+]([O-])[O-]. The maximum Gasteiger partial charge on any atom is 0.184 e. The molecule has 0 unspecified atom stereocenters. The van der Waals surface area contributed by atoms with Crippen LogP contribution >= 0.6 is 0 Å². The van der Waals surface area contributed by atoms with Crippen molar-refractivity contribution in [3.05, 3.63) is 34.2 Å². The van der Waals surface area contributed by atoms with Gasteiger partial charge in [-0.05, 0) is 12.1 Å². The molecule has 1 aromatic carbocycles. The highest BCUT2D eigenvalue weighted by atomic mass is 16.8. The van der Waals surface area contributed by atoms with Gasteiger partial charge in [0.15, 0.2) is 17.7 Å². The number of nitrogens with one attached hydrogen (secondary N) is 1. The molecule has 70 valence electrons. The normalized spacial score (nSPS) is 10.2. The summed E-state index contributed by atoms with van der Waals surface area (Å²) in [5.74, 6) is 0.129. The Balaban J connectivity index is 3.29. The molecule has 1 N–H and O–H groups in total. The molecule has 13 heavy (non-hydrogen) atoms. The minimum Gasteiger partial charge on any atom is -0.628 e. The third-order valence-corrected chi connectivity index (χ3v) is 1.61. The lowest BCUT2D eigenvalue weighted by atomic mass is 10.2. The van der Waals surface area contributed by atoms with Gasteiger partial charge >= 0.3 is 0 Å². The summed E-state index contributed by atoms with van der Waals surface area (Å²) in [5.41, 5.74) is -0.153. The molecule has 0 aliphatic carbocycles. The van der Waals surface area contributed by atoms with Crippen LogP contribution < -0.4 is 9.96 Å². The quantitative estimate of drug-likeness (QED) is 0.528. The van der Waals surface area contributed by atoms with E-state index >= 15 is 0 Å². The second kappa shape index (κ2) is 3.99. The van der Waals surface area contributed by atoms with Gasteiger partial charge < -0.3 is 20.4 Å². The van der Waals surface area contributed by atoms with Gasteiger partial charge in [0.1, 0.15) is 0 Å². The van der Waals surface area contributed by atoms with Crippen molar-refractivity contribution in [2.45, 2.75) is 0 Å². The van der Waals surface area contributed by atoms with Gasteiger partial charge in [-0.25, -0.2) is 0 Å². The van der Waals surface area contributed by atoms with E-state index in [-0.39, 0.29) is 17.0 Å². The van der Waals surface area contributed by atoms with Crippen LogP contribution in [0.25, 0.3) is 0 Å². The van der Waals surface area contributed by atoms with Gasteiger partial charge in [-0.3, -0.25) is 4.79 Å². The zero-order valence-electron chi connectivity index (χ0n) is 6.94. The van der Waals surface area contributed by atoms with E-state index in [2.05, 4.69) is 0 Å². The smallest absolute Gasteiger partial charge is 0.184 e. The van der Waals surface area contributed by atoms with Crippen LogP contribution in [0.3, 0.4) is 0 Å². The fourth-order valence-electron chi connectivity index (χ4n) is 1.03. The van der Waals surface area contributed by atoms with Gasteiger partial charge in [0.25, 0.3) is 0 Å². The van der Waals surface area contributed by atoms with E-state index in [0.29, 0.717) is 6.29 Å². The summed E-state index contributed by atoms with van der Waals surface area (Å²) < 4.78 is 4.77. The van der Waals surface area contributed by atoms with Crippen molar-refractivity contribution in [2.75, 3.05) is 7.11 Å². The number of ether oxygens (including phenoxy) is 1. The Bertz CT molecular complexity index is 311. The summed E-state index contributed by atoms with van der Waals surface area (Å²) in [7, 11) is 1.33. The molecule has 0 saturated carbocycles. The monoisotopic (exact) mass is 182 g/mol. The maximum absolute atomic E-state index is 10.6. The summed E-state index contributed by atoms with van der Waals surface area (Å²) in [6, 6.07) is 4.38. The first-order valence-electron chi connectivity index (χ1n) is 3.54. The maximum atomic E-state index is 10.6. The minimum atomic E-state index is -1.42. The zero-order chi connectivity index (χ0) is 9.84. The molecular formula is C8H8NO4-. The average molecular weight is 182 g/mol. The molecule has 0 aromatic heterocycles. The Kier molecular flexibility index (Phi) is 2.97. The number of methoxy groups -OCH3 is 1. The number of quaternary nitrogens is 1. The van der Waals surface area contributed by atoms with Gasteiger partial charge in [-0.15, -0.1) is 0 Å². The van der Waals surface area contributed by atoms with E-state index in [9.17, 15) is 15.2 Å². The van der Waals surface area contributed by atoms with Crippen molar-refractivity contribution in [2.24, 2.45) is 0 Å². The minimum absolute atomic E-state index is 0.0550. The summed E-state index contributed by atoms with van der Waals surface area (Å²) in [6.07, 6.45) is 0.452. The number of hydrogen-bond donors (Lipinski definition) is 1. The molecule has 0 fully saturated rings. The lowest BCUT2D eigenvalue weighted by Gasteiger charge is -2.27. The van der Waals surface area contributed by atoms with Gasteiger partial charge in [0.05, 0.1) is 12.7 Å². The molecule has 0 aliphatic heterocycles. The van der Waals surface area contributed by atoms with E-state index in [1.807, 2.05) is 0 Å².